The second kappa shape index (κ2) is 13.1. The molecule has 0 saturated carbocycles. The number of nitrogens with zero attached hydrogens (tertiary/aromatic N) is 3. The molecule has 0 fully saturated rings. The number of benzene rings is 8. The topological polar surface area (TPSA) is 38.7 Å². The lowest BCUT2D eigenvalue weighted by molar-refractivity contribution is 0.768. The number of thiophene rings is 1. The Kier molecular flexibility index (Phi) is 7.58. The normalized spacial score (nSPS) is 12.8. The quantitative estimate of drug-likeness (QED) is 0.171. The molecule has 3 nitrogen and oxygen atoms in total. The van der Waals surface area contributed by atoms with Crippen molar-refractivity contribution in [3.05, 3.63) is 222 Å². The van der Waals surface area contributed by atoms with Gasteiger partial charge in [-0.25, -0.2) is 15.0 Å². The van der Waals surface area contributed by atoms with E-state index >= 15 is 0 Å². The van der Waals surface area contributed by atoms with Gasteiger partial charge in [0.15, 0.2) is 17.5 Å². The van der Waals surface area contributed by atoms with Crippen LogP contribution in [0, 0.1) is 0 Å². The van der Waals surface area contributed by atoms with E-state index in [-0.39, 0.29) is 0 Å². The van der Waals surface area contributed by atoms with Crippen LogP contribution < -0.4 is 0 Å². The van der Waals surface area contributed by atoms with Crippen molar-refractivity contribution in [3.63, 3.8) is 0 Å². The van der Waals surface area contributed by atoms with Gasteiger partial charge >= 0.3 is 0 Å². The molecule has 2 heterocycles. The molecule has 8 aromatic carbocycles. The summed E-state index contributed by atoms with van der Waals surface area (Å²) in [5.74, 6) is 1.93. The van der Waals surface area contributed by atoms with E-state index in [2.05, 4.69) is 182 Å². The second-order valence-electron chi connectivity index (χ2n) is 14.3. The van der Waals surface area contributed by atoms with Crippen molar-refractivity contribution >= 4 is 31.5 Å². The Balaban J connectivity index is 1.15. The Labute approximate surface area is 329 Å². The van der Waals surface area contributed by atoms with Crippen molar-refractivity contribution in [1.82, 2.24) is 15.0 Å². The molecule has 0 unspecified atom stereocenters. The van der Waals surface area contributed by atoms with Gasteiger partial charge in [-0.1, -0.05) is 182 Å². The van der Waals surface area contributed by atoms with Gasteiger partial charge in [0.1, 0.15) is 0 Å². The van der Waals surface area contributed by atoms with Crippen molar-refractivity contribution in [1.29, 1.82) is 0 Å². The molecule has 56 heavy (non-hydrogen) atoms. The highest BCUT2D eigenvalue weighted by Gasteiger charge is 2.47. The van der Waals surface area contributed by atoms with Gasteiger partial charge in [-0.05, 0) is 62.7 Å². The number of rotatable bonds is 6. The minimum Gasteiger partial charge on any atom is -0.208 e. The lowest BCUT2D eigenvalue weighted by Crippen LogP contribution is -2.28. The van der Waals surface area contributed by atoms with Crippen LogP contribution in [-0.4, -0.2) is 15.0 Å². The summed E-state index contributed by atoms with van der Waals surface area (Å²) in [4.78, 5) is 15.8. The summed E-state index contributed by atoms with van der Waals surface area (Å²) >= 11 is 1.84. The van der Waals surface area contributed by atoms with Gasteiger partial charge < -0.3 is 0 Å². The maximum absolute atomic E-state index is 5.36. The van der Waals surface area contributed by atoms with Gasteiger partial charge in [0.25, 0.3) is 0 Å². The number of hydrogen-bond donors (Lipinski definition) is 0. The maximum Gasteiger partial charge on any atom is 0.164 e. The standard InChI is InChI=1S/C52H33N3S/c1-4-17-34(18-5-1)49-53-50(36-20-14-19-35(33-36)39-27-16-32-46-48(39)41-26-11-13-31-45(41)56-46)55-51(54-49)42-28-15-30-44-47(42)40-25-10-12-29-43(40)52(44,37-21-6-2-7-22-37)38-23-8-3-9-24-38/h1-33H. The molecule has 11 rings (SSSR count). The highest BCUT2D eigenvalue weighted by Crippen LogP contribution is 2.58. The first-order valence-corrected chi connectivity index (χ1v) is 19.8. The molecule has 0 spiro atoms. The highest BCUT2D eigenvalue weighted by atomic mass is 32.1. The molecule has 0 N–H and O–H groups in total. The van der Waals surface area contributed by atoms with Gasteiger partial charge in [-0.15, -0.1) is 11.3 Å². The SMILES string of the molecule is c1ccc(-c2nc(-c3cccc(-c4cccc5sc6ccccc6c45)c3)nc(-c3cccc4c3-c3ccccc3C4(c3ccccc3)c3ccccc3)n2)cc1. The summed E-state index contributed by atoms with van der Waals surface area (Å²) in [6.45, 7) is 0. The average molecular weight is 732 g/mol. The van der Waals surface area contributed by atoms with E-state index < -0.39 is 5.41 Å². The molecular weight excluding hydrogens is 699 g/mol. The van der Waals surface area contributed by atoms with Crippen LogP contribution in [0.5, 0.6) is 0 Å². The fourth-order valence-corrected chi connectivity index (χ4v) is 9.99. The molecule has 0 radical (unpaired) electrons. The van der Waals surface area contributed by atoms with E-state index in [4.69, 9.17) is 15.0 Å². The van der Waals surface area contributed by atoms with Gasteiger partial charge in [-0.2, -0.15) is 0 Å². The molecule has 1 aliphatic rings. The largest absolute Gasteiger partial charge is 0.208 e. The molecule has 2 aromatic heterocycles. The predicted molar refractivity (Wildman–Crippen MR) is 232 cm³/mol. The first-order valence-electron chi connectivity index (χ1n) is 18.9. The van der Waals surface area contributed by atoms with Gasteiger partial charge in [0.05, 0.1) is 5.41 Å². The third-order valence-corrected chi connectivity index (χ3v) is 12.4. The van der Waals surface area contributed by atoms with Crippen LogP contribution in [0.1, 0.15) is 22.3 Å². The number of aromatic nitrogens is 3. The van der Waals surface area contributed by atoms with Gasteiger partial charge in [-0.3, -0.25) is 0 Å². The van der Waals surface area contributed by atoms with Crippen LogP contribution in [0.4, 0.5) is 0 Å². The van der Waals surface area contributed by atoms with Crippen LogP contribution in [-0.2, 0) is 5.41 Å². The minimum absolute atomic E-state index is 0.524. The Morgan fingerprint density at radius 2 is 0.875 bits per heavy atom. The molecule has 0 bridgehead atoms. The molecule has 1 aliphatic carbocycles. The van der Waals surface area contributed by atoms with Crippen molar-refractivity contribution in [2.45, 2.75) is 5.41 Å². The van der Waals surface area contributed by atoms with E-state index in [1.54, 1.807) is 0 Å². The van der Waals surface area contributed by atoms with Crippen molar-refractivity contribution < 1.29 is 0 Å². The zero-order chi connectivity index (χ0) is 37.1. The summed E-state index contributed by atoms with van der Waals surface area (Å²) in [6, 6.07) is 71.4. The third-order valence-electron chi connectivity index (χ3n) is 11.2. The van der Waals surface area contributed by atoms with Gasteiger partial charge in [0, 0.05) is 36.9 Å². The highest BCUT2D eigenvalue weighted by molar-refractivity contribution is 7.25. The molecule has 4 heteroatoms. The van der Waals surface area contributed by atoms with E-state index in [9.17, 15) is 0 Å². The molecule has 262 valence electrons. The molecule has 10 aromatic rings. The maximum atomic E-state index is 5.36. The summed E-state index contributed by atoms with van der Waals surface area (Å²) in [5, 5.41) is 2.56. The van der Waals surface area contributed by atoms with E-state index in [0.717, 1.165) is 27.8 Å². The average Bonchev–Trinajstić information content (AvgIpc) is 3.81. The molecule has 0 amide bonds. The smallest absolute Gasteiger partial charge is 0.164 e. The van der Waals surface area contributed by atoms with Crippen molar-refractivity contribution in [2.24, 2.45) is 0 Å². The van der Waals surface area contributed by atoms with Crippen LogP contribution in [0.25, 0.3) is 76.6 Å². The van der Waals surface area contributed by atoms with Crippen LogP contribution in [0.15, 0.2) is 200 Å². The first-order chi connectivity index (χ1) is 27.8. The molecule has 0 saturated heterocycles. The Bertz CT molecular complexity index is 3040. The summed E-state index contributed by atoms with van der Waals surface area (Å²) in [6.07, 6.45) is 0. The van der Waals surface area contributed by atoms with Crippen LogP contribution in [0.2, 0.25) is 0 Å². The zero-order valence-electron chi connectivity index (χ0n) is 30.3. The molecule has 0 aliphatic heterocycles. The lowest BCUT2D eigenvalue weighted by Gasteiger charge is -2.33. The van der Waals surface area contributed by atoms with E-state index in [1.807, 2.05) is 29.5 Å². The molecule has 0 atom stereocenters. The molecular formula is C52H33N3S. The van der Waals surface area contributed by atoms with E-state index in [1.165, 1.54) is 53.6 Å². The van der Waals surface area contributed by atoms with Crippen LogP contribution >= 0.6 is 11.3 Å². The zero-order valence-corrected chi connectivity index (χ0v) is 31.1. The summed E-state index contributed by atoms with van der Waals surface area (Å²) in [7, 11) is 0. The van der Waals surface area contributed by atoms with Crippen molar-refractivity contribution in [3.8, 4) is 56.4 Å². The Morgan fingerprint density at radius 1 is 0.357 bits per heavy atom. The number of hydrogen-bond acceptors (Lipinski definition) is 4. The van der Waals surface area contributed by atoms with Crippen molar-refractivity contribution in [2.75, 3.05) is 0 Å². The monoisotopic (exact) mass is 731 g/mol. The predicted octanol–water partition coefficient (Wildman–Crippen LogP) is 13.3. The van der Waals surface area contributed by atoms with Crippen LogP contribution in [0.3, 0.4) is 0 Å². The second-order valence-corrected chi connectivity index (χ2v) is 15.4. The fraction of sp³-hybridized carbons (Fsp3) is 0.0192. The van der Waals surface area contributed by atoms with E-state index in [0.29, 0.717) is 17.5 Å². The number of fused-ring (bicyclic) bond motifs is 6. The fourth-order valence-electron chi connectivity index (χ4n) is 8.86. The minimum atomic E-state index is -0.524. The lowest BCUT2D eigenvalue weighted by atomic mass is 9.67. The Hall–Kier alpha value is -7.01. The first kappa shape index (κ1) is 32.4. The summed E-state index contributed by atoms with van der Waals surface area (Å²) < 4.78 is 2.57. The van der Waals surface area contributed by atoms with Gasteiger partial charge in [0.2, 0.25) is 0 Å². The summed E-state index contributed by atoms with van der Waals surface area (Å²) in [5.41, 5.74) is 11.9. The Morgan fingerprint density at radius 3 is 1.66 bits per heavy atom. The third kappa shape index (κ3) is 5.00.